The Balaban J connectivity index is 1.51. The van der Waals surface area contributed by atoms with Gasteiger partial charge in [-0.15, -0.1) is 0 Å². The van der Waals surface area contributed by atoms with E-state index in [0.717, 1.165) is 39.0 Å². The lowest BCUT2D eigenvalue weighted by molar-refractivity contribution is -0.132. The van der Waals surface area contributed by atoms with Gasteiger partial charge in [0.15, 0.2) is 5.78 Å². The third kappa shape index (κ3) is 5.28. The van der Waals surface area contributed by atoms with E-state index < -0.39 is 0 Å². The van der Waals surface area contributed by atoms with Crippen LogP contribution in [0.2, 0.25) is 0 Å². The maximum atomic E-state index is 14.3. The first-order valence-electron chi connectivity index (χ1n) is 10.1. The van der Waals surface area contributed by atoms with Gasteiger partial charge in [0.05, 0.1) is 12.2 Å². The minimum Gasteiger partial charge on any atom is -0.367 e. The highest BCUT2D eigenvalue weighted by Gasteiger charge is 2.23. The summed E-state index contributed by atoms with van der Waals surface area (Å²) in [6.07, 6.45) is 5.94. The molecule has 148 valence electrons. The van der Waals surface area contributed by atoms with Crippen LogP contribution < -0.4 is 4.90 Å². The van der Waals surface area contributed by atoms with Gasteiger partial charge in [-0.2, -0.15) is 0 Å². The molecule has 0 bridgehead atoms. The molecule has 5 nitrogen and oxygen atoms in total. The van der Waals surface area contributed by atoms with Crippen molar-refractivity contribution in [2.45, 2.75) is 39.0 Å². The highest BCUT2D eigenvalue weighted by Crippen LogP contribution is 2.22. The van der Waals surface area contributed by atoms with Crippen molar-refractivity contribution in [1.29, 1.82) is 0 Å². The summed E-state index contributed by atoms with van der Waals surface area (Å²) in [7, 11) is 0. The van der Waals surface area contributed by atoms with Crippen molar-refractivity contribution in [3.8, 4) is 0 Å². The Morgan fingerprint density at radius 3 is 2.15 bits per heavy atom. The van der Waals surface area contributed by atoms with Crippen LogP contribution in [-0.4, -0.2) is 67.3 Å². The molecule has 3 rings (SSSR count). The minimum absolute atomic E-state index is 0.131. The molecular formula is C21H30FN3O2. The molecule has 0 saturated carbocycles. The average Bonchev–Trinajstić information content (AvgIpc) is 2.62. The van der Waals surface area contributed by atoms with Crippen LogP contribution in [0.15, 0.2) is 18.2 Å². The molecule has 1 amide bonds. The zero-order valence-electron chi connectivity index (χ0n) is 16.3. The molecular weight excluding hydrogens is 345 g/mol. The molecule has 0 unspecified atom stereocenters. The first-order chi connectivity index (χ1) is 13.0. The highest BCUT2D eigenvalue weighted by atomic mass is 19.1. The fraction of sp³-hybridized carbons (Fsp3) is 0.619. The van der Waals surface area contributed by atoms with Crippen LogP contribution in [0.4, 0.5) is 10.1 Å². The summed E-state index contributed by atoms with van der Waals surface area (Å²) in [4.78, 5) is 30.2. The van der Waals surface area contributed by atoms with Crippen molar-refractivity contribution in [3.63, 3.8) is 0 Å². The first-order valence-corrected chi connectivity index (χ1v) is 10.1. The van der Waals surface area contributed by atoms with Crippen LogP contribution in [-0.2, 0) is 4.79 Å². The van der Waals surface area contributed by atoms with Gasteiger partial charge in [0.25, 0.3) is 0 Å². The minimum atomic E-state index is -0.354. The number of ketones is 1. The Morgan fingerprint density at radius 1 is 0.926 bits per heavy atom. The molecule has 2 heterocycles. The van der Waals surface area contributed by atoms with E-state index in [-0.39, 0.29) is 17.5 Å². The lowest BCUT2D eigenvalue weighted by atomic mass is 10.1. The number of benzene rings is 1. The van der Waals surface area contributed by atoms with Crippen molar-refractivity contribution in [2.75, 3.05) is 50.7 Å². The number of amides is 1. The number of nitrogens with zero attached hydrogens (tertiary/aromatic N) is 3. The second-order valence-corrected chi connectivity index (χ2v) is 7.63. The SMILES string of the molecule is CC(=O)c1ccc(N2CCN(CC(=O)N3CCCCCCC3)CC2)c(F)c1. The number of rotatable bonds is 4. The predicted octanol–water partition coefficient (Wildman–Crippen LogP) is 2.94. The normalized spacial score (nSPS) is 19.5. The molecule has 2 aliphatic rings. The van der Waals surface area contributed by atoms with E-state index in [2.05, 4.69) is 4.90 Å². The molecule has 27 heavy (non-hydrogen) atoms. The molecule has 0 aromatic heterocycles. The summed E-state index contributed by atoms with van der Waals surface area (Å²) in [5.41, 5.74) is 0.934. The van der Waals surface area contributed by atoms with E-state index in [4.69, 9.17) is 0 Å². The van der Waals surface area contributed by atoms with Gasteiger partial charge in [0, 0.05) is 44.8 Å². The van der Waals surface area contributed by atoms with Crippen LogP contribution in [0.3, 0.4) is 0 Å². The summed E-state index contributed by atoms with van der Waals surface area (Å²) >= 11 is 0. The fourth-order valence-electron chi connectivity index (χ4n) is 3.92. The smallest absolute Gasteiger partial charge is 0.236 e. The van der Waals surface area contributed by atoms with Crippen LogP contribution >= 0.6 is 0 Å². The Labute approximate surface area is 161 Å². The van der Waals surface area contributed by atoms with Crippen molar-refractivity contribution >= 4 is 17.4 Å². The standard InChI is InChI=1S/C21H30FN3O2/c1-17(26)18-7-8-20(19(22)15-18)24-13-11-23(12-14-24)16-21(27)25-9-5-3-2-4-6-10-25/h7-8,15H,2-6,9-14,16H2,1H3. The Hall–Kier alpha value is -1.95. The molecule has 2 aliphatic heterocycles. The van der Waals surface area contributed by atoms with Crippen LogP contribution in [0, 0.1) is 5.82 Å². The molecule has 2 fully saturated rings. The summed E-state index contributed by atoms with van der Waals surface area (Å²) in [5.74, 6) is -0.261. The Bertz CT molecular complexity index is 663. The number of carbonyl (C=O) groups is 2. The molecule has 1 aromatic carbocycles. The molecule has 0 aliphatic carbocycles. The van der Waals surface area contributed by atoms with E-state index >= 15 is 0 Å². The summed E-state index contributed by atoms with van der Waals surface area (Å²) < 4.78 is 14.3. The molecule has 1 aromatic rings. The van der Waals surface area contributed by atoms with Gasteiger partial charge in [-0.3, -0.25) is 14.5 Å². The zero-order chi connectivity index (χ0) is 19.2. The molecule has 0 spiro atoms. The molecule has 0 radical (unpaired) electrons. The third-order valence-electron chi connectivity index (χ3n) is 5.63. The van der Waals surface area contributed by atoms with Crippen LogP contribution in [0.5, 0.6) is 0 Å². The topological polar surface area (TPSA) is 43.9 Å². The maximum absolute atomic E-state index is 14.3. The van der Waals surface area contributed by atoms with Crippen molar-refractivity contribution in [3.05, 3.63) is 29.6 Å². The number of hydrogen-bond donors (Lipinski definition) is 0. The van der Waals surface area contributed by atoms with Crippen LogP contribution in [0.25, 0.3) is 0 Å². The highest BCUT2D eigenvalue weighted by molar-refractivity contribution is 5.94. The van der Waals surface area contributed by atoms with Gasteiger partial charge in [-0.05, 0) is 38.0 Å². The number of anilines is 1. The fourth-order valence-corrected chi connectivity index (χ4v) is 3.92. The van der Waals surface area contributed by atoms with Crippen LogP contribution in [0.1, 0.15) is 49.4 Å². The molecule has 0 atom stereocenters. The van der Waals surface area contributed by atoms with Gasteiger partial charge in [-0.1, -0.05) is 19.3 Å². The number of Topliss-reactive ketones (excluding diaryl/α,β-unsaturated/α-hetero) is 1. The van der Waals surface area contributed by atoms with E-state index in [1.54, 1.807) is 12.1 Å². The maximum Gasteiger partial charge on any atom is 0.236 e. The van der Waals surface area contributed by atoms with Gasteiger partial charge in [0.2, 0.25) is 5.91 Å². The van der Waals surface area contributed by atoms with E-state index in [1.807, 2.05) is 9.80 Å². The quantitative estimate of drug-likeness (QED) is 0.759. The predicted molar refractivity (Wildman–Crippen MR) is 105 cm³/mol. The number of hydrogen-bond acceptors (Lipinski definition) is 4. The zero-order valence-corrected chi connectivity index (χ0v) is 16.3. The van der Waals surface area contributed by atoms with E-state index in [0.29, 0.717) is 30.9 Å². The monoisotopic (exact) mass is 375 g/mol. The second-order valence-electron chi connectivity index (χ2n) is 7.63. The summed E-state index contributed by atoms with van der Waals surface area (Å²) in [6.45, 7) is 6.52. The van der Waals surface area contributed by atoms with Gasteiger partial charge in [-0.25, -0.2) is 4.39 Å². The number of halogens is 1. The van der Waals surface area contributed by atoms with Crippen molar-refractivity contribution < 1.29 is 14.0 Å². The number of piperazine rings is 1. The lowest BCUT2D eigenvalue weighted by Crippen LogP contribution is -2.50. The summed E-state index contributed by atoms with van der Waals surface area (Å²) in [5, 5.41) is 0. The average molecular weight is 375 g/mol. The third-order valence-corrected chi connectivity index (χ3v) is 5.63. The number of likely N-dealkylation sites (tertiary alicyclic amines) is 1. The van der Waals surface area contributed by atoms with E-state index in [9.17, 15) is 14.0 Å². The Morgan fingerprint density at radius 2 is 1.56 bits per heavy atom. The van der Waals surface area contributed by atoms with E-state index in [1.165, 1.54) is 32.3 Å². The molecule has 6 heteroatoms. The van der Waals surface area contributed by atoms with Gasteiger partial charge >= 0.3 is 0 Å². The number of carbonyl (C=O) groups excluding carboxylic acids is 2. The summed E-state index contributed by atoms with van der Waals surface area (Å²) in [6, 6.07) is 4.68. The first kappa shape index (κ1) is 19.8. The lowest BCUT2D eigenvalue weighted by Gasteiger charge is -2.37. The van der Waals surface area contributed by atoms with Crippen molar-refractivity contribution in [1.82, 2.24) is 9.80 Å². The molecule has 0 N–H and O–H groups in total. The largest absolute Gasteiger partial charge is 0.367 e. The second kappa shape index (κ2) is 9.31. The van der Waals surface area contributed by atoms with Crippen molar-refractivity contribution in [2.24, 2.45) is 0 Å². The molecule has 2 saturated heterocycles. The van der Waals surface area contributed by atoms with Gasteiger partial charge < -0.3 is 9.80 Å². The Kier molecular flexibility index (Phi) is 6.83. The van der Waals surface area contributed by atoms with Gasteiger partial charge in [0.1, 0.15) is 5.82 Å².